The van der Waals surface area contributed by atoms with Crippen LogP contribution in [0.1, 0.15) is 24.5 Å². The fourth-order valence-electron chi connectivity index (χ4n) is 2.13. The summed E-state index contributed by atoms with van der Waals surface area (Å²) in [7, 11) is 0. The van der Waals surface area contributed by atoms with E-state index >= 15 is 0 Å². The molecular formula is C13H16O4. The van der Waals surface area contributed by atoms with E-state index in [0.717, 1.165) is 23.3 Å². The summed E-state index contributed by atoms with van der Waals surface area (Å²) in [5.41, 5.74) is 0.739. The highest BCUT2D eigenvalue weighted by molar-refractivity contribution is 5.81. The van der Waals surface area contributed by atoms with Crippen molar-refractivity contribution in [3.05, 3.63) is 29.3 Å². The van der Waals surface area contributed by atoms with Crippen molar-refractivity contribution in [2.45, 2.75) is 25.2 Å². The Balaban J connectivity index is 2.40. The lowest BCUT2D eigenvalue weighted by molar-refractivity contribution is -0.143. The van der Waals surface area contributed by atoms with E-state index in [1.165, 1.54) is 0 Å². The van der Waals surface area contributed by atoms with Crippen LogP contribution in [-0.4, -0.2) is 29.4 Å². The van der Waals surface area contributed by atoms with E-state index in [9.17, 15) is 9.90 Å². The standard InChI is InChI=1S/C13H16O4/c1-13(5-6-14,12(15)16)10-2-3-11-9(8-10)4-7-17-11/h2-3,8,14H,4-7H2,1H3,(H,15,16). The Morgan fingerprint density at radius 2 is 2.29 bits per heavy atom. The second kappa shape index (κ2) is 4.37. The number of aliphatic hydroxyl groups is 1. The Labute approximate surface area is 99.8 Å². The number of benzene rings is 1. The fourth-order valence-corrected chi connectivity index (χ4v) is 2.13. The van der Waals surface area contributed by atoms with Crippen LogP contribution in [0.3, 0.4) is 0 Å². The van der Waals surface area contributed by atoms with E-state index in [1.807, 2.05) is 12.1 Å². The van der Waals surface area contributed by atoms with E-state index in [-0.39, 0.29) is 13.0 Å². The summed E-state index contributed by atoms with van der Waals surface area (Å²) < 4.78 is 5.39. The van der Waals surface area contributed by atoms with Crippen molar-refractivity contribution in [3.8, 4) is 5.75 Å². The lowest BCUT2D eigenvalue weighted by atomic mass is 9.79. The first kappa shape index (κ1) is 11.9. The molecule has 0 fully saturated rings. The summed E-state index contributed by atoms with van der Waals surface area (Å²) in [5, 5.41) is 18.3. The Morgan fingerprint density at radius 3 is 2.94 bits per heavy atom. The lowest BCUT2D eigenvalue weighted by Gasteiger charge is -2.24. The van der Waals surface area contributed by atoms with Crippen LogP contribution in [0.15, 0.2) is 18.2 Å². The van der Waals surface area contributed by atoms with E-state index in [4.69, 9.17) is 9.84 Å². The molecular weight excluding hydrogens is 220 g/mol. The van der Waals surface area contributed by atoms with Crippen molar-refractivity contribution < 1.29 is 19.7 Å². The number of fused-ring (bicyclic) bond motifs is 1. The highest BCUT2D eigenvalue weighted by atomic mass is 16.5. The van der Waals surface area contributed by atoms with Crippen LogP contribution < -0.4 is 4.74 Å². The third-order valence-corrected chi connectivity index (χ3v) is 3.41. The smallest absolute Gasteiger partial charge is 0.313 e. The summed E-state index contributed by atoms with van der Waals surface area (Å²) in [5.74, 6) is -0.0732. The van der Waals surface area contributed by atoms with E-state index in [2.05, 4.69) is 0 Å². The van der Waals surface area contributed by atoms with Gasteiger partial charge < -0.3 is 14.9 Å². The third-order valence-electron chi connectivity index (χ3n) is 3.41. The Morgan fingerprint density at radius 1 is 1.53 bits per heavy atom. The fraction of sp³-hybridized carbons (Fsp3) is 0.462. The molecule has 0 aromatic heterocycles. The van der Waals surface area contributed by atoms with E-state index in [1.54, 1.807) is 13.0 Å². The Bertz CT molecular complexity index is 441. The summed E-state index contributed by atoms with van der Waals surface area (Å²) in [6.45, 7) is 2.15. The highest BCUT2D eigenvalue weighted by Gasteiger charge is 2.35. The predicted molar refractivity (Wildman–Crippen MR) is 62.3 cm³/mol. The molecule has 2 rings (SSSR count). The van der Waals surface area contributed by atoms with Crippen LogP contribution in [-0.2, 0) is 16.6 Å². The largest absolute Gasteiger partial charge is 0.493 e. The molecule has 1 aromatic rings. The van der Waals surface area contributed by atoms with E-state index in [0.29, 0.717) is 6.61 Å². The highest BCUT2D eigenvalue weighted by Crippen LogP contribution is 2.33. The summed E-state index contributed by atoms with van der Waals surface area (Å²) in [4.78, 5) is 11.4. The minimum absolute atomic E-state index is 0.142. The van der Waals surface area contributed by atoms with Crippen LogP contribution in [0.5, 0.6) is 5.75 Å². The van der Waals surface area contributed by atoms with Crippen molar-refractivity contribution in [2.75, 3.05) is 13.2 Å². The third kappa shape index (κ3) is 2.00. The van der Waals surface area contributed by atoms with Crippen molar-refractivity contribution in [1.82, 2.24) is 0 Å². The quantitative estimate of drug-likeness (QED) is 0.828. The first-order chi connectivity index (χ1) is 8.08. The van der Waals surface area contributed by atoms with Gasteiger partial charge in [0.25, 0.3) is 0 Å². The summed E-state index contributed by atoms with van der Waals surface area (Å²) >= 11 is 0. The SMILES string of the molecule is CC(CCO)(C(=O)O)c1ccc2c(c1)CCO2. The summed E-state index contributed by atoms with van der Waals surface area (Å²) in [6.07, 6.45) is 1.03. The molecule has 92 valence electrons. The Kier molecular flexibility index (Phi) is 3.07. The molecule has 17 heavy (non-hydrogen) atoms. The molecule has 0 aliphatic carbocycles. The number of aliphatic hydroxyl groups excluding tert-OH is 1. The second-order valence-corrected chi connectivity index (χ2v) is 4.53. The van der Waals surface area contributed by atoms with Crippen LogP contribution >= 0.6 is 0 Å². The molecule has 1 heterocycles. The predicted octanol–water partition coefficient (Wildman–Crippen LogP) is 1.35. The van der Waals surface area contributed by atoms with Crippen LogP contribution in [0, 0.1) is 0 Å². The molecule has 0 spiro atoms. The van der Waals surface area contributed by atoms with Gasteiger partial charge in [0.15, 0.2) is 0 Å². The minimum Gasteiger partial charge on any atom is -0.493 e. The maximum absolute atomic E-state index is 11.4. The maximum Gasteiger partial charge on any atom is 0.313 e. The van der Waals surface area contributed by atoms with Gasteiger partial charge in [-0.3, -0.25) is 4.79 Å². The van der Waals surface area contributed by atoms with Gasteiger partial charge in [0.2, 0.25) is 0 Å². The molecule has 0 saturated heterocycles. The van der Waals surface area contributed by atoms with Crippen LogP contribution in [0.2, 0.25) is 0 Å². The molecule has 1 aromatic carbocycles. The Hall–Kier alpha value is -1.55. The first-order valence-electron chi connectivity index (χ1n) is 5.68. The lowest BCUT2D eigenvalue weighted by Crippen LogP contribution is -2.33. The van der Waals surface area contributed by atoms with Gasteiger partial charge in [0.05, 0.1) is 12.0 Å². The van der Waals surface area contributed by atoms with Gasteiger partial charge in [-0.2, -0.15) is 0 Å². The zero-order valence-corrected chi connectivity index (χ0v) is 9.77. The molecule has 0 amide bonds. The average molecular weight is 236 g/mol. The van der Waals surface area contributed by atoms with Crippen LogP contribution in [0.25, 0.3) is 0 Å². The first-order valence-corrected chi connectivity index (χ1v) is 5.68. The van der Waals surface area contributed by atoms with Crippen molar-refractivity contribution in [1.29, 1.82) is 0 Å². The molecule has 2 N–H and O–H groups in total. The molecule has 4 heteroatoms. The second-order valence-electron chi connectivity index (χ2n) is 4.53. The molecule has 4 nitrogen and oxygen atoms in total. The van der Waals surface area contributed by atoms with Gasteiger partial charge in [-0.05, 0) is 30.5 Å². The van der Waals surface area contributed by atoms with Crippen molar-refractivity contribution in [3.63, 3.8) is 0 Å². The molecule has 1 aliphatic heterocycles. The zero-order valence-electron chi connectivity index (χ0n) is 9.77. The maximum atomic E-state index is 11.4. The van der Waals surface area contributed by atoms with Crippen LogP contribution in [0.4, 0.5) is 0 Å². The molecule has 0 bridgehead atoms. The molecule has 1 atom stereocenters. The zero-order chi connectivity index (χ0) is 12.5. The molecule has 0 saturated carbocycles. The van der Waals surface area contributed by atoms with Crippen molar-refractivity contribution in [2.24, 2.45) is 0 Å². The van der Waals surface area contributed by atoms with Gasteiger partial charge in [-0.15, -0.1) is 0 Å². The molecule has 0 radical (unpaired) electrons. The van der Waals surface area contributed by atoms with E-state index < -0.39 is 11.4 Å². The molecule has 1 aliphatic rings. The normalized spacial score (nSPS) is 17.1. The van der Waals surface area contributed by atoms with Gasteiger partial charge >= 0.3 is 5.97 Å². The minimum atomic E-state index is -1.04. The number of hydrogen-bond donors (Lipinski definition) is 2. The number of aliphatic carboxylic acids is 1. The number of carbonyl (C=O) groups is 1. The monoisotopic (exact) mass is 236 g/mol. The summed E-state index contributed by atoms with van der Waals surface area (Å²) in [6, 6.07) is 5.47. The number of carboxylic acid groups (broad SMARTS) is 1. The molecule has 1 unspecified atom stereocenters. The number of rotatable bonds is 4. The number of hydrogen-bond acceptors (Lipinski definition) is 3. The number of ether oxygens (including phenoxy) is 1. The van der Waals surface area contributed by atoms with Gasteiger partial charge in [-0.25, -0.2) is 0 Å². The average Bonchev–Trinajstić information content (AvgIpc) is 2.75. The van der Waals surface area contributed by atoms with Gasteiger partial charge in [-0.1, -0.05) is 12.1 Å². The number of carboxylic acids is 1. The van der Waals surface area contributed by atoms with Crippen molar-refractivity contribution >= 4 is 5.97 Å². The topological polar surface area (TPSA) is 66.8 Å². The van der Waals surface area contributed by atoms with Gasteiger partial charge in [0.1, 0.15) is 5.75 Å². The van der Waals surface area contributed by atoms with Gasteiger partial charge in [0, 0.05) is 13.0 Å².